The van der Waals surface area contributed by atoms with Crippen LogP contribution in [0.25, 0.3) is 0 Å². The van der Waals surface area contributed by atoms with E-state index in [2.05, 4.69) is 6.07 Å². The molecule has 0 unspecified atom stereocenters. The van der Waals surface area contributed by atoms with Gasteiger partial charge in [0.1, 0.15) is 0 Å². The highest BCUT2D eigenvalue weighted by Crippen LogP contribution is 2.13. The molecule has 0 saturated carbocycles. The van der Waals surface area contributed by atoms with Gasteiger partial charge in [-0.2, -0.15) is 5.26 Å². The number of hydrogen-bond donors (Lipinski definition) is 0. The second-order valence-electron chi connectivity index (χ2n) is 5.00. The summed E-state index contributed by atoms with van der Waals surface area (Å²) in [6.45, 7) is 2.27. The maximum Gasteiger partial charge on any atom is 0.320 e. The number of benzene rings is 1. The molecular weight excluding hydrogens is 238 g/mol. The maximum absolute atomic E-state index is 12.2. The lowest BCUT2D eigenvalue weighted by molar-refractivity contribution is 0.151. The van der Waals surface area contributed by atoms with Gasteiger partial charge < -0.3 is 9.80 Å². The Morgan fingerprint density at radius 1 is 1.37 bits per heavy atom. The Kier molecular flexibility index (Phi) is 4.40. The number of hydrogen-bond acceptors (Lipinski definition) is 2. The number of amides is 2. The molecule has 2 amide bonds. The number of carbonyl (C=O) groups is 1. The van der Waals surface area contributed by atoms with Crippen molar-refractivity contribution >= 4 is 6.03 Å². The molecular formula is C15H19N3O. The third-order valence-electron chi connectivity index (χ3n) is 3.43. The van der Waals surface area contributed by atoms with Crippen LogP contribution in [0.2, 0.25) is 0 Å². The Balaban J connectivity index is 1.97. The Bertz CT molecular complexity index is 486. The number of carbonyl (C=O) groups excluding carboxylic acids is 1. The van der Waals surface area contributed by atoms with Crippen molar-refractivity contribution in [3.05, 3.63) is 35.4 Å². The molecule has 0 aliphatic carbocycles. The van der Waals surface area contributed by atoms with E-state index in [9.17, 15) is 4.79 Å². The molecule has 4 heteroatoms. The zero-order valence-corrected chi connectivity index (χ0v) is 11.3. The largest absolute Gasteiger partial charge is 0.325 e. The summed E-state index contributed by atoms with van der Waals surface area (Å²) in [6.07, 6.45) is 3.42. The molecule has 100 valence electrons. The number of nitriles is 1. The summed E-state index contributed by atoms with van der Waals surface area (Å²) in [7, 11) is 1.82. The highest BCUT2D eigenvalue weighted by molar-refractivity contribution is 5.74. The molecule has 1 aliphatic heterocycles. The fourth-order valence-electron chi connectivity index (χ4n) is 2.41. The van der Waals surface area contributed by atoms with Gasteiger partial charge in [0.25, 0.3) is 0 Å². The van der Waals surface area contributed by atoms with E-state index in [4.69, 9.17) is 5.26 Å². The van der Waals surface area contributed by atoms with Crippen molar-refractivity contribution in [3.8, 4) is 6.07 Å². The highest BCUT2D eigenvalue weighted by Gasteiger charge is 2.19. The lowest BCUT2D eigenvalue weighted by atomic mass is 10.1. The molecule has 0 atom stereocenters. The van der Waals surface area contributed by atoms with Crippen LogP contribution in [0.1, 0.15) is 30.4 Å². The van der Waals surface area contributed by atoms with Crippen molar-refractivity contribution < 1.29 is 4.79 Å². The number of rotatable bonds is 2. The van der Waals surface area contributed by atoms with E-state index >= 15 is 0 Å². The van der Waals surface area contributed by atoms with Crippen molar-refractivity contribution in [2.24, 2.45) is 0 Å². The quantitative estimate of drug-likeness (QED) is 0.817. The van der Waals surface area contributed by atoms with E-state index in [0.29, 0.717) is 12.1 Å². The van der Waals surface area contributed by atoms with Crippen LogP contribution in [0.15, 0.2) is 24.3 Å². The lowest BCUT2D eigenvalue weighted by Crippen LogP contribution is -2.43. The van der Waals surface area contributed by atoms with Gasteiger partial charge in [-0.25, -0.2) is 4.79 Å². The van der Waals surface area contributed by atoms with Gasteiger partial charge in [0.15, 0.2) is 0 Å². The maximum atomic E-state index is 12.2. The molecule has 2 rings (SSSR count). The number of urea groups is 1. The van der Waals surface area contributed by atoms with Crippen LogP contribution >= 0.6 is 0 Å². The van der Waals surface area contributed by atoms with Crippen LogP contribution in [0.5, 0.6) is 0 Å². The second kappa shape index (κ2) is 6.24. The van der Waals surface area contributed by atoms with Gasteiger partial charge in [-0.1, -0.05) is 12.1 Å². The van der Waals surface area contributed by atoms with Gasteiger partial charge in [-0.05, 0) is 37.0 Å². The molecule has 1 fully saturated rings. The van der Waals surface area contributed by atoms with Gasteiger partial charge in [0.05, 0.1) is 11.6 Å². The topological polar surface area (TPSA) is 47.3 Å². The van der Waals surface area contributed by atoms with Gasteiger partial charge in [-0.15, -0.1) is 0 Å². The van der Waals surface area contributed by atoms with E-state index in [1.807, 2.05) is 30.1 Å². The van der Waals surface area contributed by atoms with Gasteiger partial charge in [0, 0.05) is 26.7 Å². The van der Waals surface area contributed by atoms with Crippen molar-refractivity contribution in [2.45, 2.75) is 25.8 Å². The smallest absolute Gasteiger partial charge is 0.320 e. The average molecular weight is 257 g/mol. The second-order valence-corrected chi connectivity index (χ2v) is 5.00. The summed E-state index contributed by atoms with van der Waals surface area (Å²) in [6, 6.07) is 9.61. The lowest BCUT2D eigenvalue weighted by Gasteiger charge is -2.31. The van der Waals surface area contributed by atoms with Crippen LogP contribution in [0.3, 0.4) is 0 Å². The van der Waals surface area contributed by atoms with Crippen LogP contribution in [-0.4, -0.2) is 36.0 Å². The van der Waals surface area contributed by atoms with E-state index in [1.165, 1.54) is 6.42 Å². The van der Waals surface area contributed by atoms with E-state index in [0.717, 1.165) is 31.5 Å². The van der Waals surface area contributed by atoms with Crippen molar-refractivity contribution in [3.63, 3.8) is 0 Å². The third kappa shape index (κ3) is 3.47. The molecule has 0 bridgehead atoms. The number of piperidine rings is 1. The average Bonchev–Trinajstić information content (AvgIpc) is 2.47. The molecule has 0 spiro atoms. The molecule has 4 nitrogen and oxygen atoms in total. The summed E-state index contributed by atoms with van der Waals surface area (Å²) in [5, 5.41) is 8.87. The molecule has 19 heavy (non-hydrogen) atoms. The minimum absolute atomic E-state index is 0.0852. The van der Waals surface area contributed by atoms with Gasteiger partial charge in [0.2, 0.25) is 0 Å². The van der Waals surface area contributed by atoms with Crippen LogP contribution in [-0.2, 0) is 6.54 Å². The van der Waals surface area contributed by atoms with Crippen molar-refractivity contribution in [1.29, 1.82) is 5.26 Å². The normalized spacial score (nSPS) is 14.8. The standard InChI is InChI=1S/C15H19N3O/c1-17(15(19)18-8-3-2-4-9-18)12-14-7-5-6-13(10-14)11-16/h5-7,10H,2-4,8-9,12H2,1H3. The first-order valence-electron chi connectivity index (χ1n) is 6.70. The highest BCUT2D eigenvalue weighted by atomic mass is 16.2. The van der Waals surface area contributed by atoms with E-state index in [-0.39, 0.29) is 6.03 Å². The minimum atomic E-state index is 0.0852. The molecule has 1 heterocycles. The third-order valence-corrected chi connectivity index (χ3v) is 3.43. The summed E-state index contributed by atoms with van der Waals surface area (Å²) >= 11 is 0. The fraction of sp³-hybridized carbons (Fsp3) is 0.467. The van der Waals surface area contributed by atoms with Crippen molar-refractivity contribution in [2.75, 3.05) is 20.1 Å². The first-order valence-corrected chi connectivity index (χ1v) is 6.70. The molecule has 0 aromatic heterocycles. The van der Waals surface area contributed by atoms with Gasteiger partial charge >= 0.3 is 6.03 Å². The predicted octanol–water partition coefficient (Wildman–Crippen LogP) is 2.60. The number of likely N-dealkylation sites (tertiary alicyclic amines) is 1. The zero-order valence-electron chi connectivity index (χ0n) is 11.3. The molecule has 0 N–H and O–H groups in total. The Morgan fingerprint density at radius 2 is 2.11 bits per heavy atom. The molecule has 1 aromatic carbocycles. The minimum Gasteiger partial charge on any atom is -0.325 e. The molecule has 1 saturated heterocycles. The van der Waals surface area contributed by atoms with Gasteiger partial charge in [-0.3, -0.25) is 0 Å². The summed E-state index contributed by atoms with van der Waals surface area (Å²) in [5.41, 5.74) is 1.63. The van der Waals surface area contributed by atoms with Crippen LogP contribution < -0.4 is 0 Å². The van der Waals surface area contributed by atoms with Crippen LogP contribution in [0.4, 0.5) is 4.79 Å². The molecule has 1 aliphatic rings. The predicted molar refractivity (Wildman–Crippen MR) is 73.4 cm³/mol. The summed E-state index contributed by atoms with van der Waals surface area (Å²) < 4.78 is 0. The first kappa shape index (κ1) is 13.4. The Labute approximate surface area is 114 Å². The van der Waals surface area contributed by atoms with E-state index < -0.39 is 0 Å². The number of nitrogens with zero attached hydrogens (tertiary/aromatic N) is 3. The zero-order chi connectivity index (χ0) is 13.7. The Hall–Kier alpha value is -2.02. The summed E-state index contributed by atoms with van der Waals surface area (Å²) in [5.74, 6) is 0. The first-order chi connectivity index (χ1) is 9.20. The van der Waals surface area contributed by atoms with E-state index in [1.54, 1.807) is 11.0 Å². The SMILES string of the molecule is CN(Cc1cccc(C#N)c1)C(=O)N1CCCCC1. The monoisotopic (exact) mass is 257 g/mol. The Morgan fingerprint density at radius 3 is 2.79 bits per heavy atom. The molecule has 1 aromatic rings. The van der Waals surface area contributed by atoms with Crippen LogP contribution in [0, 0.1) is 11.3 Å². The van der Waals surface area contributed by atoms with Crippen molar-refractivity contribution in [1.82, 2.24) is 9.80 Å². The molecule has 0 radical (unpaired) electrons. The fourth-order valence-corrected chi connectivity index (χ4v) is 2.41. The summed E-state index contributed by atoms with van der Waals surface area (Å²) in [4.78, 5) is 15.9.